The van der Waals surface area contributed by atoms with Crippen LogP contribution in [0, 0.1) is 0 Å². The van der Waals surface area contributed by atoms with Crippen molar-refractivity contribution >= 4 is 22.4 Å². The molecule has 0 bridgehead atoms. The summed E-state index contributed by atoms with van der Waals surface area (Å²) in [6, 6.07) is 0. The van der Waals surface area contributed by atoms with E-state index in [0.29, 0.717) is 0 Å². The van der Waals surface area contributed by atoms with E-state index in [9.17, 15) is 4.79 Å². The summed E-state index contributed by atoms with van der Waals surface area (Å²) in [5.74, 6) is 0.101. The normalized spacial score (nSPS) is 21.8. The lowest BCUT2D eigenvalue weighted by atomic mass is 9.85. The average molecular weight is 541 g/mol. The molecule has 1 rings (SSSR count). The second kappa shape index (κ2) is 15.5. The van der Waals surface area contributed by atoms with Gasteiger partial charge in [0.2, 0.25) is 0 Å². The highest BCUT2D eigenvalue weighted by Gasteiger charge is 2.64. The zero-order valence-corrected chi connectivity index (χ0v) is 28.2. The molecule has 1 saturated heterocycles. The summed E-state index contributed by atoms with van der Waals surface area (Å²) in [4.78, 5) is 13.2. The third-order valence-electron chi connectivity index (χ3n) is 9.30. The fourth-order valence-electron chi connectivity index (χ4n) is 5.66. The highest BCUT2D eigenvalue weighted by Crippen LogP contribution is 2.57. The topological polar surface area (TPSA) is 35.5 Å². The van der Waals surface area contributed by atoms with Gasteiger partial charge in [-0.05, 0) is 31.0 Å². The van der Waals surface area contributed by atoms with Crippen molar-refractivity contribution in [2.75, 3.05) is 0 Å². The van der Waals surface area contributed by atoms with Crippen LogP contribution in [0.25, 0.3) is 0 Å². The standard InChI is InChI=1S/C31H64O3Si2/c1-11-13-15-17-18-19-21-23-25-31(35(6,7)8)28(33-29(31)32)26-27(24-22-20-16-14-12-2)34-36(9,10)30(3,4)5/h27-28H,11-26H2,1-10H3/t27-,28+,31+/m1/s1. The van der Waals surface area contributed by atoms with Gasteiger partial charge in [-0.15, -0.1) is 0 Å². The van der Waals surface area contributed by atoms with Crippen LogP contribution in [0.15, 0.2) is 0 Å². The van der Waals surface area contributed by atoms with Gasteiger partial charge in [0.25, 0.3) is 0 Å². The summed E-state index contributed by atoms with van der Waals surface area (Å²) in [5.41, 5.74) is 0. The molecule has 0 spiro atoms. The van der Waals surface area contributed by atoms with Gasteiger partial charge in [0.05, 0.1) is 13.1 Å². The molecule has 1 fully saturated rings. The van der Waals surface area contributed by atoms with Gasteiger partial charge < -0.3 is 9.16 Å². The first kappa shape index (κ1) is 33.9. The molecule has 36 heavy (non-hydrogen) atoms. The Morgan fingerprint density at radius 1 is 0.806 bits per heavy atom. The van der Waals surface area contributed by atoms with E-state index in [4.69, 9.17) is 9.16 Å². The molecule has 0 saturated carbocycles. The number of rotatable bonds is 20. The third kappa shape index (κ3) is 9.87. The molecule has 3 nitrogen and oxygen atoms in total. The SMILES string of the molecule is CCCCCCCCCC[C@@]1([Si](C)(C)C)C(=O)O[C@H]1C[C@@H](CCCCCCC)O[Si](C)(C)C(C)(C)C. The predicted molar refractivity (Wildman–Crippen MR) is 163 cm³/mol. The minimum absolute atomic E-state index is 0.0478. The van der Waals surface area contributed by atoms with Gasteiger partial charge in [-0.2, -0.15) is 0 Å². The predicted octanol–water partition coefficient (Wildman–Crippen LogP) is 10.7. The first-order chi connectivity index (χ1) is 16.7. The number of hydrogen-bond donors (Lipinski definition) is 0. The summed E-state index contributed by atoms with van der Waals surface area (Å²) >= 11 is 0. The quantitative estimate of drug-likeness (QED) is 0.0875. The van der Waals surface area contributed by atoms with Crippen LogP contribution >= 0.6 is 0 Å². The number of carbonyl (C=O) groups excluding carboxylic acids is 1. The van der Waals surface area contributed by atoms with E-state index in [1.54, 1.807) is 0 Å². The third-order valence-corrected chi connectivity index (χ3v) is 17.3. The molecule has 214 valence electrons. The molecule has 1 aliphatic rings. The Balaban J connectivity index is 2.87. The molecule has 0 unspecified atom stereocenters. The number of unbranched alkanes of at least 4 members (excludes halogenated alkanes) is 11. The van der Waals surface area contributed by atoms with Crippen LogP contribution in [0.4, 0.5) is 0 Å². The molecule has 1 aliphatic heterocycles. The summed E-state index contributed by atoms with van der Waals surface area (Å²) in [7, 11) is -3.65. The van der Waals surface area contributed by atoms with Gasteiger partial charge in [-0.3, -0.25) is 4.79 Å². The summed E-state index contributed by atoms with van der Waals surface area (Å²) in [6.45, 7) is 23.4. The molecular weight excluding hydrogens is 477 g/mol. The summed E-state index contributed by atoms with van der Waals surface area (Å²) < 4.78 is 13.0. The Kier molecular flexibility index (Phi) is 14.5. The molecule has 0 aromatic rings. The molecule has 0 aromatic heterocycles. The smallest absolute Gasteiger partial charge is 0.313 e. The van der Waals surface area contributed by atoms with Crippen molar-refractivity contribution in [2.24, 2.45) is 0 Å². The van der Waals surface area contributed by atoms with Crippen molar-refractivity contribution in [3.8, 4) is 0 Å². The molecule has 0 aliphatic carbocycles. The monoisotopic (exact) mass is 540 g/mol. The Bertz CT molecular complexity index is 620. The van der Waals surface area contributed by atoms with Crippen molar-refractivity contribution in [1.29, 1.82) is 0 Å². The first-order valence-electron chi connectivity index (χ1n) is 15.6. The van der Waals surface area contributed by atoms with Crippen molar-refractivity contribution in [2.45, 2.75) is 192 Å². The molecule has 0 amide bonds. The summed E-state index contributed by atoms with van der Waals surface area (Å²) in [5, 5.41) is -0.0385. The molecule has 0 radical (unpaired) electrons. The maximum atomic E-state index is 13.2. The Labute approximate surface area is 228 Å². The average Bonchev–Trinajstić information content (AvgIpc) is 2.75. The highest BCUT2D eigenvalue weighted by atomic mass is 28.4. The summed E-state index contributed by atoms with van der Waals surface area (Å²) in [6.07, 6.45) is 20.2. The van der Waals surface area contributed by atoms with E-state index >= 15 is 0 Å². The van der Waals surface area contributed by atoms with Crippen molar-refractivity contribution in [3.63, 3.8) is 0 Å². The fraction of sp³-hybridized carbons (Fsp3) is 0.968. The highest BCUT2D eigenvalue weighted by molar-refractivity contribution is 6.83. The lowest BCUT2D eigenvalue weighted by Gasteiger charge is -2.55. The van der Waals surface area contributed by atoms with E-state index < -0.39 is 16.4 Å². The Morgan fingerprint density at radius 2 is 1.28 bits per heavy atom. The number of esters is 1. The number of carbonyl (C=O) groups is 1. The number of hydrogen-bond acceptors (Lipinski definition) is 3. The molecule has 5 heteroatoms. The van der Waals surface area contributed by atoms with Crippen molar-refractivity contribution < 1.29 is 14.0 Å². The van der Waals surface area contributed by atoms with Crippen LogP contribution in [-0.2, 0) is 14.0 Å². The number of ether oxygens (including phenoxy) is 1. The van der Waals surface area contributed by atoms with Gasteiger partial charge >= 0.3 is 5.97 Å². The molecule has 0 N–H and O–H groups in total. The number of cyclic esters (lactones) is 1. The molecule has 3 atom stereocenters. The van der Waals surface area contributed by atoms with Gasteiger partial charge in [-0.25, -0.2) is 0 Å². The van der Waals surface area contributed by atoms with E-state index in [1.165, 1.54) is 77.0 Å². The maximum absolute atomic E-state index is 13.2. The minimum atomic E-state index is -1.89. The Morgan fingerprint density at radius 3 is 1.72 bits per heavy atom. The van der Waals surface area contributed by atoms with Gasteiger partial charge in [0, 0.05) is 12.5 Å². The second-order valence-corrected chi connectivity index (χ2v) is 24.4. The van der Waals surface area contributed by atoms with E-state index in [0.717, 1.165) is 25.7 Å². The molecular formula is C31H64O3Si2. The van der Waals surface area contributed by atoms with E-state index in [-0.39, 0.29) is 28.3 Å². The van der Waals surface area contributed by atoms with Gasteiger partial charge in [0.15, 0.2) is 8.32 Å². The zero-order chi connectivity index (χ0) is 27.5. The van der Waals surface area contributed by atoms with Crippen LogP contribution in [0.2, 0.25) is 42.8 Å². The largest absolute Gasteiger partial charge is 0.461 e. The first-order valence-corrected chi connectivity index (χ1v) is 22.0. The second-order valence-electron chi connectivity index (χ2n) is 14.3. The fourth-order valence-corrected chi connectivity index (χ4v) is 9.80. The van der Waals surface area contributed by atoms with E-state index in [2.05, 4.69) is 67.4 Å². The lowest BCUT2D eigenvalue weighted by molar-refractivity contribution is -0.186. The van der Waals surface area contributed by atoms with E-state index in [1.807, 2.05) is 0 Å². The Hall–Kier alpha value is -0.136. The van der Waals surface area contributed by atoms with Crippen molar-refractivity contribution in [1.82, 2.24) is 0 Å². The molecule has 0 aromatic carbocycles. The van der Waals surface area contributed by atoms with Gasteiger partial charge in [0.1, 0.15) is 6.10 Å². The minimum Gasteiger partial charge on any atom is -0.461 e. The maximum Gasteiger partial charge on any atom is 0.313 e. The van der Waals surface area contributed by atoms with Gasteiger partial charge in [-0.1, -0.05) is 138 Å². The van der Waals surface area contributed by atoms with Crippen molar-refractivity contribution in [3.05, 3.63) is 0 Å². The van der Waals surface area contributed by atoms with Crippen LogP contribution in [0.3, 0.4) is 0 Å². The van der Waals surface area contributed by atoms with Crippen LogP contribution in [0.1, 0.15) is 137 Å². The molecule has 1 heterocycles. The zero-order valence-electron chi connectivity index (χ0n) is 26.2. The van der Waals surface area contributed by atoms with Crippen LogP contribution < -0.4 is 0 Å². The van der Waals surface area contributed by atoms with Crippen LogP contribution in [0.5, 0.6) is 0 Å². The lowest BCUT2D eigenvalue weighted by Crippen LogP contribution is -2.63. The van der Waals surface area contributed by atoms with Crippen LogP contribution in [-0.4, -0.2) is 34.6 Å².